The highest BCUT2D eigenvalue weighted by Gasteiger charge is 2.30. The van der Waals surface area contributed by atoms with Crippen molar-refractivity contribution in [2.45, 2.75) is 76.8 Å². The summed E-state index contributed by atoms with van der Waals surface area (Å²) >= 11 is 13.7. The van der Waals surface area contributed by atoms with Crippen molar-refractivity contribution in [2.75, 3.05) is 5.75 Å². The van der Waals surface area contributed by atoms with E-state index in [9.17, 15) is 9.59 Å². The molecule has 1 aliphatic carbocycles. The number of benzene rings is 2. The Morgan fingerprint density at radius 3 is 2.50 bits per heavy atom. The van der Waals surface area contributed by atoms with E-state index >= 15 is 0 Å². The molecule has 0 spiro atoms. The summed E-state index contributed by atoms with van der Waals surface area (Å²) in [5.74, 6) is 0.868. The van der Waals surface area contributed by atoms with Crippen LogP contribution >= 0.6 is 35.0 Å². The first-order valence-electron chi connectivity index (χ1n) is 12.0. The van der Waals surface area contributed by atoms with Crippen LogP contribution in [0.5, 0.6) is 0 Å². The molecule has 0 unspecified atom stereocenters. The zero-order valence-corrected chi connectivity index (χ0v) is 22.3. The van der Waals surface area contributed by atoms with Crippen molar-refractivity contribution < 1.29 is 9.59 Å². The van der Waals surface area contributed by atoms with Gasteiger partial charge in [-0.05, 0) is 49.4 Å². The van der Waals surface area contributed by atoms with Gasteiger partial charge in [-0.3, -0.25) is 9.59 Å². The number of carbonyl (C=O) groups is 2. The van der Waals surface area contributed by atoms with Gasteiger partial charge in [0.1, 0.15) is 6.04 Å². The van der Waals surface area contributed by atoms with Crippen LogP contribution in [0.2, 0.25) is 10.0 Å². The Kier molecular flexibility index (Phi) is 10.6. The van der Waals surface area contributed by atoms with Gasteiger partial charge in [0.05, 0.1) is 15.8 Å². The number of aryl methyl sites for hydroxylation is 1. The van der Waals surface area contributed by atoms with Crippen molar-refractivity contribution >= 4 is 46.8 Å². The second-order valence-electron chi connectivity index (χ2n) is 9.02. The molecule has 0 aromatic heterocycles. The fraction of sp³-hybridized carbons (Fsp3) is 0.481. The first kappa shape index (κ1) is 26.9. The SMILES string of the molecule is CC[C@@H](C(=O)NC1CCCCC1)N(Cc1cccc(C)c1)C(=O)CSCc1ccc(Cl)c(Cl)c1. The van der Waals surface area contributed by atoms with Crippen LogP contribution in [0.25, 0.3) is 0 Å². The van der Waals surface area contributed by atoms with Crippen LogP contribution in [0.3, 0.4) is 0 Å². The molecule has 184 valence electrons. The van der Waals surface area contributed by atoms with E-state index in [1.807, 2.05) is 44.2 Å². The van der Waals surface area contributed by atoms with Crippen molar-refractivity contribution in [1.82, 2.24) is 10.2 Å². The van der Waals surface area contributed by atoms with E-state index in [0.717, 1.165) is 42.4 Å². The second-order valence-corrected chi connectivity index (χ2v) is 10.8. The maximum atomic E-state index is 13.4. The number of thioether (sulfide) groups is 1. The van der Waals surface area contributed by atoms with Gasteiger partial charge in [0, 0.05) is 18.3 Å². The fourth-order valence-corrected chi connectivity index (χ4v) is 5.62. The van der Waals surface area contributed by atoms with Crippen molar-refractivity contribution in [3.63, 3.8) is 0 Å². The molecule has 7 heteroatoms. The summed E-state index contributed by atoms with van der Waals surface area (Å²) in [7, 11) is 0. The van der Waals surface area contributed by atoms with Crippen LogP contribution in [-0.4, -0.2) is 34.6 Å². The topological polar surface area (TPSA) is 49.4 Å². The lowest BCUT2D eigenvalue weighted by atomic mass is 9.95. The van der Waals surface area contributed by atoms with Gasteiger partial charge < -0.3 is 10.2 Å². The molecule has 0 radical (unpaired) electrons. The molecular formula is C27H34Cl2N2O2S. The standard InChI is InChI=1S/C27H34Cl2N2O2S/c1-3-25(27(33)30-22-10-5-4-6-11-22)31(16-20-9-7-8-19(2)14-20)26(32)18-34-17-21-12-13-23(28)24(29)15-21/h7-9,12-15,22,25H,3-6,10-11,16-18H2,1-2H3,(H,30,33)/t25-/m0/s1. The van der Waals surface area contributed by atoms with Crippen LogP contribution in [0.4, 0.5) is 0 Å². The van der Waals surface area contributed by atoms with Gasteiger partial charge in [0.2, 0.25) is 11.8 Å². The summed E-state index contributed by atoms with van der Waals surface area (Å²) in [4.78, 5) is 28.4. The number of amides is 2. The molecule has 1 N–H and O–H groups in total. The van der Waals surface area contributed by atoms with Crippen LogP contribution in [0.15, 0.2) is 42.5 Å². The average Bonchev–Trinajstić information content (AvgIpc) is 2.82. The van der Waals surface area contributed by atoms with Crippen molar-refractivity contribution in [1.29, 1.82) is 0 Å². The highest BCUT2D eigenvalue weighted by molar-refractivity contribution is 7.99. The molecule has 3 rings (SSSR count). The lowest BCUT2D eigenvalue weighted by molar-refractivity contribution is -0.139. The molecule has 2 amide bonds. The Labute approximate surface area is 217 Å². The molecule has 2 aromatic rings. The van der Waals surface area contributed by atoms with Crippen molar-refractivity contribution in [3.05, 3.63) is 69.2 Å². The minimum atomic E-state index is -0.486. The molecule has 0 aliphatic heterocycles. The maximum absolute atomic E-state index is 13.4. The van der Waals surface area contributed by atoms with Crippen LogP contribution in [0, 0.1) is 6.92 Å². The van der Waals surface area contributed by atoms with Crippen LogP contribution in [-0.2, 0) is 21.9 Å². The summed E-state index contributed by atoms with van der Waals surface area (Å²) in [6.07, 6.45) is 6.16. The average molecular weight is 522 g/mol. The van der Waals surface area contributed by atoms with E-state index in [1.54, 1.807) is 11.0 Å². The third kappa shape index (κ3) is 7.93. The van der Waals surface area contributed by atoms with Gasteiger partial charge >= 0.3 is 0 Å². The predicted octanol–water partition coefficient (Wildman–Crippen LogP) is 6.79. The number of hydrogen-bond donors (Lipinski definition) is 1. The quantitative estimate of drug-likeness (QED) is 0.375. The Bertz CT molecular complexity index is 979. The third-order valence-electron chi connectivity index (χ3n) is 6.25. The second kappa shape index (κ2) is 13.4. The monoisotopic (exact) mass is 520 g/mol. The van der Waals surface area contributed by atoms with Gasteiger partial charge in [0.25, 0.3) is 0 Å². The third-order valence-corrected chi connectivity index (χ3v) is 7.98. The molecule has 1 fully saturated rings. The predicted molar refractivity (Wildman–Crippen MR) is 143 cm³/mol. The number of hydrogen-bond acceptors (Lipinski definition) is 3. The highest BCUT2D eigenvalue weighted by Crippen LogP contribution is 2.25. The number of carbonyl (C=O) groups excluding carboxylic acids is 2. The molecule has 0 heterocycles. The summed E-state index contributed by atoms with van der Waals surface area (Å²) in [5.41, 5.74) is 3.19. The van der Waals surface area contributed by atoms with Gasteiger partial charge in [-0.25, -0.2) is 0 Å². The summed E-state index contributed by atoms with van der Waals surface area (Å²) < 4.78 is 0. The Morgan fingerprint density at radius 1 is 1.06 bits per heavy atom. The summed E-state index contributed by atoms with van der Waals surface area (Å²) in [6.45, 7) is 4.44. The molecular weight excluding hydrogens is 487 g/mol. The lowest BCUT2D eigenvalue weighted by Gasteiger charge is -2.33. The van der Waals surface area contributed by atoms with Gasteiger partial charge in [-0.15, -0.1) is 11.8 Å². The van der Waals surface area contributed by atoms with E-state index in [1.165, 1.54) is 18.2 Å². The van der Waals surface area contributed by atoms with Gasteiger partial charge in [0.15, 0.2) is 0 Å². The smallest absolute Gasteiger partial charge is 0.243 e. The van der Waals surface area contributed by atoms with E-state index in [-0.39, 0.29) is 17.9 Å². The minimum absolute atomic E-state index is 0.0304. The maximum Gasteiger partial charge on any atom is 0.243 e. The fourth-order valence-electron chi connectivity index (χ4n) is 4.44. The Balaban J connectivity index is 1.70. The van der Waals surface area contributed by atoms with Gasteiger partial charge in [-0.1, -0.05) is 85.3 Å². The zero-order valence-electron chi connectivity index (χ0n) is 20.0. The largest absolute Gasteiger partial charge is 0.352 e. The highest BCUT2D eigenvalue weighted by atomic mass is 35.5. The zero-order chi connectivity index (χ0) is 24.5. The first-order chi connectivity index (χ1) is 16.4. The van der Waals surface area contributed by atoms with E-state index in [2.05, 4.69) is 11.4 Å². The van der Waals surface area contributed by atoms with Crippen LogP contribution in [0.1, 0.15) is 62.1 Å². The van der Waals surface area contributed by atoms with E-state index in [4.69, 9.17) is 23.2 Å². The number of nitrogens with zero attached hydrogens (tertiary/aromatic N) is 1. The Hall–Kier alpha value is -1.69. The molecule has 4 nitrogen and oxygen atoms in total. The lowest BCUT2D eigenvalue weighted by Crippen LogP contribution is -2.52. The number of nitrogens with one attached hydrogen (secondary N) is 1. The van der Waals surface area contributed by atoms with Crippen LogP contribution < -0.4 is 5.32 Å². The molecule has 34 heavy (non-hydrogen) atoms. The molecule has 1 saturated carbocycles. The Morgan fingerprint density at radius 2 is 1.82 bits per heavy atom. The first-order valence-corrected chi connectivity index (χ1v) is 14.0. The minimum Gasteiger partial charge on any atom is -0.352 e. The van der Waals surface area contributed by atoms with E-state index < -0.39 is 6.04 Å². The molecule has 1 atom stereocenters. The molecule has 2 aromatic carbocycles. The normalized spacial score (nSPS) is 15.1. The van der Waals surface area contributed by atoms with E-state index in [0.29, 0.717) is 34.5 Å². The summed E-state index contributed by atoms with van der Waals surface area (Å²) in [6, 6.07) is 13.4. The number of rotatable bonds is 10. The molecule has 1 aliphatic rings. The number of halogens is 2. The molecule has 0 saturated heterocycles. The van der Waals surface area contributed by atoms with Crippen molar-refractivity contribution in [2.24, 2.45) is 0 Å². The van der Waals surface area contributed by atoms with Gasteiger partial charge in [-0.2, -0.15) is 0 Å². The summed E-state index contributed by atoms with van der Waals surface area (Å²) in [5, 5.41) is 4.26. The molecule has 0 bridgehead atoms. The van der Waals surface area contributed by atoms with Crippen molar-refractivity contribution in [3.8, 4) is 0 Å².